The van der Waals surface area contributed by atoms with E-state index in [0.717, 1.165) is 11.0 Å². The van der Waals surface area contributed by atoms with Crippen molar-refractivity contribution >= 4 is 28.7 Å². The van der Waals surface area contributed by atoms with Gasteiger partial charge in [-0.15, -0.1) is 0 Å². The van der Waals surface area contributed by atoms with Crippen molar-refractivity contribution in [3.63, 3.8) is 0 Å². The van der Waals surface area contributed by atoms with Gasteiger partial charge in [0.2, 0.25) is 0 Å². The highest BCUT2D eigenvalue weighted by Gasteiger charge is 2.07. The Morgan fingerprint density at radius 3 is 2.59 bits per heavy atom. The number of benzene rings is 2. The van der Waals surface area contributed by atoms with Gasteiger partial charge in [-0.25, -0.2) is 4.98 Å². The molecule has 0 aliphatic rings. The average Bonchev–Trinajstić information content (AvgIpc) is 2.97. The first-order chi connectivity index (χ1) is 10.6. The van der Waals surface area contributed by atoms with Crippen molar-refractivity contribution in [3.8, 4) is 0 Å². The molecule has 6 nitrogen and oxygen atoms in total. The number of nitro groups is 1. The summed E-state index contributed by atoms with van der Waals surface area (Å²) in [7, 11) is 0. The van der Waals surface area contributed by atoms with E-state index in [-0.39, 0.29) is 11.6 Å². The summed E-state index contributed by atoms with van der Waals surface area (Å²) in [5.41, 5.74) is 2.22. The Bertz CT molecular complexity index is 879. The molecule has 0 amide bonds. The molecule has 0 unspecified atom stereocenters. The van der Waals surface area contributed by atoms with Crippen molar-refractivity contribution in [1.29, 1.82) is 0 Å². The third kappa shape index (κ3) is 2.62. The molecule has 0 spiro atoms. The molecule has 22 heavy (non-hydrogen) atoms. The molecule has 1 aromatic heterocycles. The molecule has 0 bridgehead atoms. The first kappa shape index (κ1) is 13.7. The number of hydrogen-bond acceptors (Lipinski definition) is 4. The van der Waals surface area contributed by atoms with Gasteiger partial charge in [-0.3, -0.25) is 19.5 Å². The molecule has 0 saturated heterocycles. The summed E-state index contributed by atoms with van der Waals surface area (Å²) in [6.45, 7) is 0. The van der Waals surface area contributed by atoms with E-state index in [0.29, 0.717) is 5.56 Å². The second-order valence-electron chi connectivity index (χ2n) is 4.62. The first-order valence-electron chi connectivity index (χ1n) is 6.54. The van der Waals surface area contributed by atoms with E-state index < -0.39 is 4.92 Å². The van der Waals surface area contributed by atoms with Crippen molar-refractivity contribution in [2.45, 2.75) is 0 Å². The summed E-state index contributed by atoms with van der Waals surface area (Å²) < 4.78 is 1.46. The molecule has 0 N–H and O–H groups in total. The minimum atomic E-state index is -0.462. The Morgan fingerprint density at radius 2 is 1.86 bits per heavy atom. The van der Waals surface area contributed by atoms with E-state index >= 15 is 0 Å². The number of para-hydroxylation sites is 2. The lowest BCUT2D eigenvalue weighted by Gasteiger charge is -1.98. The van der Waals surface area contributed by atoms with Crippen LogP contribution >= 0.6 is 0 Å². The molecule has 3 rings (SSSR count). The van der Waals surface area contributed by atoms with Gasteiger partial charge in [0.25, 0.3) is 11.6 Å². The molecule has 0 aliphatic heterocycles. The number of nitro benzene ring substituents is 1. The summed E-state index contributed by atoms with van der Waals surface area (Å²) in [6.07, 6.45) is 4.50. The van der Waals surface area contributed by atoms with Crippen LogP contribution in [0.4, 0.5) is 5.69 Å². The minimum absolute atomic E-state index is 0.0177. The lowest BCUT2D eigenvalue weighted by molar-refractivity contribution is -0.384. The van der Waals surface area contributed by atoms with E-state index in [4.69, 9.17) is 0 Å². The number of carbonyl (C=O) groups is 1. The van der Waals surface area contributed by atoms with E-state index in [2.05, 4.69) is 4.98 Å². The molecular weight excluding hydrogens is 282 g/mol. The molecule has 0 saturated carbocycles. The number of aromatic nitrogens is 2. The molecule has 0 radical (unpaired) electrons. The summed E-state index contributed by atoms with van der Waals surface area (Å²) in [5.74, 6) is -0.230. The summed E-state index contributed by atoms with van der Waals surface area (Å²) in [4.78, 5) is 26.5. The number of fused-ring (bicyclic) bond motifs is 1. The molecular formula is C16H11N3O3. The second kappa shape index (κ2) is 5.61. The van der Waals surface area contributed by atoms with Crippen LogP contribution in [-0.2, 0) is 0 Å². The number of non-ortho nitro benzene ring substituents is 1. The van der Waals surface area contributed by atoms with Gasteiger partial charge in [-0.2, -0.15) is 0 Å². The zero-order valence-corrected chi connectivity index (χ0v) is 11.4. The van der Waals surface area contributed by atoms with Gasteiger partial charge in [0.15, 0.2) is 0 Å². The fourth-order valence-corrected chi connectivity index (χ4v) is 2.09. The van der Waals surface area contributed by atoms with Crippen molar-refractivity contribution in [1.82, 2.24) is 9.55 Å². The maximum atomic E-state index is 12.2. The Kier molecular flexibility index (Phi) is 3.49. The van der Waals surface area contributed by atoms with Crippen LogP contribution in [0.3, 0.4) is 0 Å². The SMILES string of the molecule is O=C(C=Cc1ccc([N+](=O)[O-])cc1)n1cnc2ccccc21. The summed E-state index contributed by atoms with van der Waals surface area (Å²) >= 11 is 0. The maximum absolute atomic E-state index is 12.2. The van der Waals surface area contributed by atoms with Gasteiger partial charge in [-0.1, -0.05) is 12.1 Å². The van der Waals surface area contributed by atoms with Gasteiger partial charge >= 0.3 is 0 Å². The smallest absolute Gasteiger partial charge is 0.269 e. The predicted molar refractivity (Wildman–Crippen MR) is 82.5 cm³/mol. The number of imidazole rings is 1. The number of allylic oxidation sites excluding steroid dienone is 1. The molecule has 1 heterocycles. The van der Waals surface area contributed by atoms with Crippen LogP contribution in [0.15, 0.2) is 60.9 Å². The highest BCUT2D eigenvalue weighted by molar-refractivity contribution is 5.99. The standard InChI is InChI=1S/C16H11N3O3/c20-16(18-11-17-14-3-1-2-4-15(14)18)10-7-12-5-8-13(9-6-12)19(21)22/h1-11H. The Morgan fingerprint density at radius 1 is 1.14 bits per heavy atom. The van der Waals surface area contributed by atoms with Crippen LogP contribution in [0.1, 0.15) is 10.4 Å². The third-order valence-electron chi connectivity index (χ3n) is 3.21. The van der Waals surface area contributed by atoms with Gasteiger partial charge in [0, 0.05) is 18.2 Å². The highest BCUT2D eigenvalue weighted by atomic mass is 16.6. The van der Waals surface area contributed by atoms with Crippen LogP contribution in [0, 0.1) is 10.1 Å². The fourth-order valence-electron chi connectivity index (χ4n) is 2.09. The van der Waals surface area contributed by atoms with Crippen molar-refractivity contribution in [2.75, 3.05) is 0 Å². The quantitative estimate of drug-likeness (QED) is 0.421. The van der Waals surface area contributed by atoms with Crippen LogP contribution in [0.25, 0.3) is 17.1 Å². The molecule has 108 valence electrons. The molecule has 0 atom stereocenters. The molecule has 0 fully saturated rings. The Labute approximate surface area is 125 Å². The van der Waals surface area contributed by atoms with Crippen LogP contribution in [0.2, 0.25) is 0 Å². The fraction of sp³-hybridized carbons (Fsp3) is 0. The zero-order chi connectivity index (χ0) is 15.5. The van der Waals surface area contributed by atoms with E-state index in [1.807, 2.05) is 24.3 Å². The van der Waals surface area contributed by atoms with Crippen LogP contribution in [0.5, 0.6) is 0 Å². The largest absolute Gasteiger partial charge is 0.269 e. The van der Waals surface area contributed by atoms with Crippen molar-refractivity contribution < 1.29 is 9.72 Å². The van der Waals surface area contributed by atoms with Crippen LogP contribution in [-0.4, -0.2) is 20.4 Å². The molecule has 6 heteroatoms. The second-order valence-corrected chi connectivity index (χ2v) is 4.62. The monoisotopic (exact) mass is 293 g/mol. The highest BCUT2D eigenvalue weighted by Crippen LogP contribution is 2.14. The minimum Gasteiger partial charge on any atom is -0.269 e. The molecule has 0 aliphatic carbocycles. The maximum Gasteiger partial charge on any atom is 0.269 e. The van der Waals surface area contributed by atoms with Crippen molar-refractivity contribution in [3.05, 3.63) is 76.6 Å². The van der Waals surface area contributed by atoms with E-state index in [1.54, 1.807) is 18.2 Å². The van der Waals surface area contributed by atoms with E-state index in [1.165, 1.54) is 29.1 Å². The normalized spacial score (nSPS) is 11.1. The van der Waals surface area contributed by atoms with Gasteiger partial charge in [0.1, 0.15) is 6.33 Å². The summed E-state index contributed by atoms with van der Waals surface area (Å²) in [5, 5.41) is 10.6. The lowest BCUT2D eigenvalue weighted by Crippen LogP contribution is -2.05. The average molecular weight is 293 g/mol. The van der Waals surface area contributed by atoms with Crippen molar-refractivity contribution in [2.24, 2.45) is 0 Å². The van der Waals surface area contributed by atoms with Gasteiger partial charge in [0.05, 0.1) is 16.0 Å². The van der Waals surface area contributed by atoms with Gasteiger partial charge < -0.3 is 0 Å². The predicted octanol–water partition coefficient (Wildman–Crippen LogP) is 3.30. The Balaban J connectivity index is 1.83. The van der Waals surface area contributed by atoms with Crippen LogP contribution < -0.4 is 0 Å². The topological polar surface area (TPSA) is 78.0 Å². The molecule has 2 aromatic carbocycles. The van der Waals surface area contributed by atoms with Gasteiger partial charge in [-0.05, 0) is 35.9 Å². The Hall–Kier alpha value is -3.28. The summed E-state index contributed by atoms with van der Waals surface area (Å²) in [6, 6.07) is 13.3. The molecule has 3 aromatic rings. The third-order valence-corrected chi connectivity index (χ3v) is 3.21. The zero-order valence-electron chi connectivity index (χ0n) is 11.4. The number of nitrogens with zero attached hydrogens (tertiary/aromatic N) is 3. The number of carbonyl (C=O) groups excluding carboxylic acids is 1. The lowest BCUT2D eigenvalue weighted by atomic mass is 10.2. The van der Waals surface area contributed by atoms with E-state index in [9.17, 15) is 14.9 Å². The number of hydrogen-bond donors (Lipinski definition) is 0. The number of rotatable bonds is 3. The first-order valence-corrected chi connectivity index (χ1v) is 6.54.